The lowest BCUT2D eigenvalue weighted by molar-refractivity contribution is -0.143. The Labute approximate surface area is 94.5 Å². The van der Waals surface area contributed by atoms with Crippen molar-refractivity contribution >= 4 is 5.97 Å². The second-order valence-corrected chi connectivity index (χ2v) is 3.54. The van der Waals surface area contributed by atoms with E-state index in [1.807, 2.05) is 6.92 Å². The maximum atomic E-state index is 11.0. The van der Waals surface area contributed by atoms with Crippen molar-refractivity contribution in [2.24, 2.45) is 0 Å². The van der Waals surface area contributed by atoms with Gasteiger partial charge >= 0.3 is 5.97 Å². The van der Waals surface area contributed by atoms with E-state index in [0.29, 0.717) is 19.4 Å². The number of carbonyl (C=O) groups is 1. The molecule has 0 fully saturated rings. The van der Waals surface area contributed by atoms with Gasteiger partial charge < -0.3 is 14.9 Å². The first-order valence-electron chi connectivity index (χ1n) is 5.30. The van der Waals surface area contributed by atoms with Crippen LogP contribution >= 0.6 is 0 Å². The molecule has 0 aliphatic carbocycles. The van der Waals surface area contributed by atoms with Gasteiger partial charge in [0.05, 0.1) is 6.61 Å². The highest BCUT2D eigenvalue weighted by Crippen LogP contribution is 2.24. The Morgan fingerprint density at radius 1 is 1.31 bits per heavy atom. The molecule has 4 nitrogen and oxygen atoms in total. The van der Waals surface area contributed by atoms with Crippen LogP contribution in [-0.4, -0.2) is 22.8 Å². The van der Waals surface area contributed by atoms with E-state index in [1.54, 1.807) is 6.07 Å². The van der Waals surface area contributed by atoms with Crippen molar-refractivity contribution < 1.29 is 19.7 Å². The predicted molar refractivity (Wildman–Crippen MR) is 59.3 cm³/mol. The molecule has 0 aliphatic rings. The van der Waals surface area contributed by atoms with Crippen LogP contribution in [0.1, 0.15) is 25.3 Å². The number of benzene rings is 1. The fraction of sp³-hybridized carbons (Fsp3) is 0.417. The number of phenolic OH excluding ortho intramolecular Hbond substituents is 2. The highest BCUT2D eigenvalue weighted by molar-refractivity contribution is 5.69. The van der Waals surface area contributed by atoms with Gasteiger partial charge in [-0.1, -0.05) is 13.0 Å². The first-order valence-corrected chi connectivity index (χ1v) is 5.30. The molecule has 1 aromatic rings. The van der Waals surface area contributed by atoms with Gasteiger partial charge in [-0.05, 0) is 24.1 Å². The highest BCUT2D eigenvalue weighted by atomic mass is 16.5. The van der Waals surface area contributed by atoms with Crippen LogP contribution in [-0.2, 0) is 16.0 Å². The first-order chi connectivity index (χ1) is 7.63. The van der Waals surface area contributed by atoms with Crippen molar-refractivity contribution in [2.45, 2.75) is 26.2 Å². The average Bonchev–Trinajstić information content (AvgIpc) is 2.24. The molecule has 0 saturated carbocycles. The topological polar surface area (TPSA) is 66.8 Å². The van der Waals surface area contributed by atoms with Crippen molar-refractivity contribution in [1.29, 1.82) is 0 Å². The van der Waals surface area contributed by atoms with Crippen LogP contribution in [0.5, 0.6) is 11.5 Å². The zero-order chi connectivity index (χ0) is 12.0. The number of carbonyl (C=O) groups excluding carboxylic acids is 1. The summed E-state index contributed by atoms with van der Waals surface area (Å²) in [5.41, 5.74) is 0.819. The average molecular weight is 224 g/mol. The molecule has 4 heteroatoms. The van der Waals surface area contributed by atoms with Crippen molar-refractivity contribution in [2.75, 3.05) is 6.61 Å². The Bertz CT molecular complexity index is 360. The molecule has 0 unspecified atom stereocenters. The lowest BCUT2D eigenvalue weighted by atomic mass is 10.1. The van der Waals surface area contributed by atoms with E-state index in [4.69, 9.17) is 9.84 Å². The molecule has 0 aliphatic heterocycles. The van der Waals surface area contributed by atoms with E-state index >= 15 is 0 Å². The van der Waals surface area contributed by atoms with Crippen molar-refractivity contribution in [1.82, 2.24) is 0 Å². The number of aromatic hydroxyl groups is 2. The molecule has 16 heavy (non-hydrogen) atoms. The van der Waals surface area contributed by atoms with Crippen molar-refractivity contribution in [3.05, 3.63) is 23.8 Å². The number of hydrogen-bond donors (Lipinski definition) is 2. The Morgan fingerprint density at radius 3 is 2.69 bits per heavy atom. The quantitative estimate of drug-likeness (QED) is 0.593. The zero-order valence-electron chi connectivity index (χ0n) is 9.27. The zero-order valence-corrected chi connectivity index (χ0v) is 9.27. The summed E-state index contributed by atoms with van der Waals surface area (Å²) < 4.78 is 4.97. The summed E-state index contributed by atoms with van der Waals surface area (Å²) in [5.74, 6) is -0.505. The summed E-state index contributed by atoms with van der Waals surface area (Å²) in [6.45, 7) is 2.21. The van der Waals surface area contributed by atoms with Gasteiger partial charge in [0.2, 0.25) is 0 Å². The summed E-state index contributed by atoms with van der Waals surface area (Å²) in [6.07, 6.45) is 1.74. The van der Waals surface area contributed by atoms with Crippen molar-refractivity contribution in [3.8, 4) is 11.5 Å². The van der Waals surface area contributed by atoms with E-state index in [2.05, 4.69) is 0 Å². The van der Waals surface area contributed by atoms with Gasteiger partial charge in [-0.2, -0.15) is 0 Å². The minimum atomic E-state index is -0.203. The van der Waals surface area contributed by atoms with Gasteiger partial charge in [0.1, 0.15) is 0 Å². The van der Waals surface area contributed by atoms with E-state index in [1.165, 1.54) is 12.1 Å². The van der Waals surface area contributed by atoms with E-state index < -0.39 is 0 Å². The minimum absolute atomic E-state index is 0.147. The molecule has 0 radical (unpaired) electrons. The van der Waals surface area contributed by atoms with Gasteiger partial charge in [-0.15, -0.1) is 0 Å². The molecular formula is C12H16O4. The van der Waals surface area contributed by atoms with Gasteiger partial charge in [-0.25, -0.2) is 0 Å². The van der Waals surface area contributed by atoms with E-state index in [9.17, 15) is 9.90 Å². The third kappa shape index (κ3) is 3.81. The Kier molecular flexibility index (Phi) is 4.64. The van der Waals surface area contributed by atoms with Crippen LogP contribution in [0.2, 0.25) is 0 Å². The Balaban J connectivity index is 2.37. The molecule has 0 aromatic heterocycles. The summed E-state index contributed by atoms with van der Waals surface area (Å²) in [7, 11) is 0. The standard InChI is InChI=1S/C12H16O4/c1-2-3-12(15)16-7-6-9-4-5-10(13)11(14)8-9/h4-5,8,13-14H,2-3,6-7H2,1H3. The number of esters is 1. The number of phenols is 2. The molecule has 0 heterocycles. The molecule has 0 atom stereocenters. The maximum Gasteiger partial charge on any atom is 0.305 e. The van der Waals surface area contributed by atoms with Gasteiger partial charge in [-0.3, -0.25) is 4.79 Å². The highest BCUT2D eigenvalue weighted by Gasteiger charge is 2.03. The van der Waals surface area contributed by atoms with E-state index in [0.717, 1.165) is 12.0 Å². The number of hydrogen-bond acceptors (Lipinski definition) is 4. The summed E-state index contributed by atoms with van der Waals surface area (Å²) in [4.78, 5) is 11.0. The lowest BCUT2D eigenvalue weighted by Crippen LogP contribution is -2.06. The number of rotatable bonds is 5. The van der Waals surface area contributed by atoms with Gasteiger partial charge in [0.25, 0.3) is 0 Å². The lowest BCUT2D eigenvalue weighted by Gasteiger charge is -2.05. The maximum absolute atomic E-state index is 11.0. The third-order valence-corrected chi connectivity index (χ3v) is 2.15. The van der Waals surface area contributed by atoms with Gasteiger partial charge in [0.15, 0.2) is 11.5 Å². The first kappa shape index (κ1) is 12.4. The van der Waals surface area contributed by atoms with Gasteiger partial charge in [0, 0.05) is 12.8 Å². The molecule has 2 N–H and O–H groups in total. The SMILES string of the molecule is CCCC(=O)OCCc1ccc(O)c(O)c1. The molecule has 0 spiro atoms. The molecule has 1 rings (SSSR count). The fourth-order valence-electron chi connectivity index (χ4n) is 1.28. The molecular weight excluding hydrogens is 208 g/mol. The molecule has 88 valence electrons. The molecule has 0 amide bonds. The normalized spacial score (nSPS) is 10.1. The summed E-state index contributed by atoms with van der Waals surface area (Å²) >= 11 is 0. The smallest absolute Gasteiger partial charge is 0.305 e. The largest absolute Gasteiger partial charge is 0.504 e. The molecule has 0 saturated heterocycles. The number of ether oxygens (including phenoxy) is 1. The Hall–Kier alpha value is -1.71. The van der Waals surface area contributed by atoms with Crippen LogP contribution in [0.4, 0.5) is 0 Å². The molecule has 1 aromatic carbocycles. The molecule has 0 bridgehead atoms. The van der Waals surface area contributed by atoms with Crippen LogP contribution in [0.25, 0.3) is 0 Å². The Morgan fingerprint density at radius 2 is 2.06 bits per heavy atom. The second kappa shape index (κ2) is 6.00. The van der Waals surface area contributed by atoms with Crippen LogP contribution in [0, 0.1) is 0 Å². The van der Waals surface area contributed by atoms with Crippen LogP contribution < -0.4 is 0 Å². The van der Waals surface area contributed by atoms with E-state index in [-0.39, 0.29) is 17.5 Å². The third-order valence-electron chi connectivity index (χ3n) is 2.15. The van der Waals surface area contributed by atoms with Crippen LogP contribution in [0.3, 0.4) is 0 Å². The second-order valence-electron chi connectivity index (χ2n) is 3.54. The summed E-state index contributed by atoms with van der Waals surface area (Å²) in [5, 5.41) is 18.3. The van der Waals surface area contributed by atoms with Crippen molar-refractivity contribution in [3.63, 3.8) is 0 Å². The monoisotopic (exact) mass is 224 g/mol. The predicted octanol–water partition coefficient (Wildman–Crippen LogP) is 1.98. The fourth-order valence-corrected chi connectivity index (χ4v) is 1.28. The minimum Gasteiger partial charge on any atom is -0.504 e. The summed E-state index contributed by atoms with van der Waals surface area (Å²) in [6, 6.07) is 4.56. The van der Waals surface area contributed by atoms with Crippen LogP contribution in [0.15, 0.2) is 18.2 Å².